The van der Waals surface area contributed by atoms with Gasteiger partial charge in [-0.1, -0.05) is 6.92 Å². The van der Waals surface area contributed by atoms with Gasteiger partial charge in [-0.15, -0.1) is 0 Å². The minimum Gasteiger partial charge on any atom is -0.466 e. The first-order chi connectivity index (χ1) is 7.22. The molecular weight excluding hydrogens is 192 g/mol. The Morgan fingerprint density at radius 2 is 2.27 bits per heavy atom. The first kappa shape index (κ1) is 10.1. The second-order valence-electron chi connectivity index (χ2n) is 3.71. The highest BCUT2D eigenvalue weighted by Gasteiger charge is 2.35. The molecule has 4 nitrogen and oxygen atoms in total. The van der Waals surface area contributed by atoms with Gasteiger partial charge >= 0.3 is 0 Å². The van der Waals surface area contributed by atoms with E-state index in [2.05, 4.69) is 11.9 Å². The Labute approximate surface area is 88.7 Å². The molecule has 0 radical (unpaired) electrons. The fraction of sp³-hybridized carbons (Fsp3) is 0.364. The molecule has 0 saturated carbocycles. The van der Waals surface area contributed by atoms with Crippen molar-refractivity contribution in [1.29, 1.82) is 0 Å². The fourth-order valence-electron chi connectivity index (χ4n) is 1.85. The van der Waals surface area contributed by atoms with E-state index in [1.165, 1.54) is 0 Å². The Bertz CT molecular complexity index is 420. The normalized spacial score (nSPS) is 24.6. The number of aryl methyl sites for hydroxylation is 1. The Hall–Kier alpha value is -1.39. The molecule has 0 bridgehead atoms. The molecule has 2 heterocycles. The molecule has 0 aromatic carbocycles. The lowest BCUT2D eigenvalue weighted by Gasteiger charge is -2.25. The van der Waals surface area contributed by atoms with Crippen LogP contribution in [0.4, 0.5) is 5.69 Å². The van der Waals surface area contributed by atoms with E-state index >= 15 is 0 Å². The third-order valence-electron chi connectivity index (χ3n) is 2.87. The summed E-state index contributed by atoms with van der Waals surface area (Å²) in [5, 5.41) is 9.25. The number of furan rings is 1. The van der Waals surface area contributed by atoms with Gasteiger partial charge in [-0.25, -0.2) is 9.48 Å². The highest BCUT2D eigenvalue weighted by atomic mass is 16.3. The van der Waals surface area contributed by atoms with Crippen LogP contribution in [0.15, 0.2) is 34.3 Å². The van der Waals surface area contributed by atoms with Crippen LogP contribution < -0.4 is 4.48 Å². The van der Waals surface area contributed by atoms with Gasteiger partial charge in [-0.3, -0.25) is 0 Å². The number of aliphatic imine (C=N–C) groups is 1. The van der Waals surface area contributed by atoms with Gasteiger partial charge in [0.25, 0.3) is 0 Å². The fourth-order valence-corrected chi connectivity index (χ4v) is 1.85. The van der Waals surface area contributed by atoms with Crippen molar-refractivity contribution in [3.8, 4) is 0 Å². The quantitative estimate of drug-likeness (QED) is 0.766. The van der Waals surface area contributed by atoms with Crippen LogP contribution in [0.25, 0.3) is 0 Å². The van der Waals surface area contributed by atoms with Crippen molar-refractivity contribution in [3.05, 3.63) is 30.5 Å². The molecular formula is C11H15N2O2+. The third-order valence-corrected chi connectivity index (χ3v) is 2.87. The zero-order valence-corrected chi connectivity index (χ0v) is 8.97. The Morgan fingerprint density at radius 3 is 2.93 bits per heavy atom. The number of rotatable bonds is 3. The zero-order chi connectivity index (χ0) is 10.9. The molecule has 0 amide bonds. The van der Waals surface area contributed by atoms with Crippen LogP contribution in [0.1, 0.15) is 12.5 Å². The van der Waals surface area contributed by atoms with Gasteiger partial charge in [0.1, 0.15) is 12.8 Å². The second-order valence-corrected chi connectivity index (χ2v) is 3.71. The molecule has 1 atom stereocenters. The summed E-state index contributed by atoms with van der Waals surface area (Å²) >= 11 is 0. The molecule has 0 fully saturated rings. The number of hydrogen-bond acceptors (Lipinski definition) is 3. The van der Waals surface area contributed by atoms with Crippen molar-refractivity contribution in [1.82, 2.24) is 4.48 Å². The van der Waals surface area contributed by atoms with Crippen LogP contribution in [0.2, 0.25) is 0 Å². The van der Waals surface area contributed by atoms with E-state index in [9.17, 15) is 5.11 Å². The van der Waals surface area contributed by atoms with Gasteiger partial charge in [-0.2, -0.15) is 0 Å². The summed E-state index contributed by atoms with van der Waals surface area (Å²) < 4.78 is 5.63. The highest BCUT2D eigenvalue weighted by molar-refractivity contribution is 5.97. The van der Waals surface area contributed by atoms with Crippen molar-refractivity contribution in [2.75, 3.05) is 13.7 Å². The van der Waals surface area contributed by atoms with Gasteiger partial charge in [0.15, 0.2) is 12.0 Å². The monoisotopic (exact) mass is 207 g/mol. The number of hydrogen-bond donors (Lipinski definition) is 1. The molecule has 1 aromatic rings. The molecule has 1 N–H and O–H groups in total. The highest BCUT2D eigenvalue weighted by Crippen LogP contribution is 2.31. The predicted molar refractivity (Wildman–Crippen MR) is 59.5 cm³/mol. The van der Waals surface area contributed by atoms with Crippen LogP contribution in [0.5, 0.6) is 0 Å². The molecule has 0 aliphatic carbocycles. The summed E-state index contributed by atoms with van der Waals surface area (Å²) in [7, 11) is 1.99. The SMILES string of the molecule is CCc1cocc1[N+]1(C)C=CN=C1CO. The molecule has 0 spiro atoms. The van der Waals surface area contributed by atoms with E-state index in [0.29, 0.717) is 10.3 Å². The molecule has 4 heteroatoms. The average Bonchev–Trinajstić information content (AvgIpc) is 2.83. The van der Waals surface area contributed by atoms with Crippen molar-refractivity contribution in [2.45, 2.75) is 13.3 Å². The van der Waals surface area contributed by atoms with Crippen molar-refractivity contribution >= 4 is 11.5 Å². The summed E-state index contributed by atoms with van der Waals surface area (Å²) in [5.74, 6) is 0.714. The van der Waals surface area contributed by atoms with E-state index < -0.39 is 0 Å². The number of likely N-dealkylation sites (N-methyl/N-ethyl adjacent to an activating group) is 1. The molecule has 2 rings (SSSR count). The van der Waals surface area contributed by atoms with Gasteiger partial charge in [0.2, 0.25) is 5.84 Å². The van der Waals surface area contributed by atoms with E-state index in [4.69, 9.17) is 4.42 Å². The summed E-state index contributed by atoms with van der Waals surface area (Å²) in [4.78, 5) is 4.16. The third kappa shape index (κ3) is 1.42. The van der Waals surface area contributed by atoms with Crippen LogP contribution in [-0.4, -0.2) is 24.6 Å². The number of amidine groups is 1. The van der Waals surface area contributed by atoms with Crippen molar-refractivity contribution in [3.63, 3.8) is 0 Å². The summed E-state index contributed by atoms with van der Waals surface area (Å²) in [6.45, 7) is 2.04. The lowest BCUT2D eigenvalue weighted by Crippen LogP contribution is -2.45. The maximum absolute atomic E-state index is 9.25. The topological polar surface area (TPSA) is 45.7 Å². The lowest BCUT2D eigenvalue weighted by molar-refractivity contribution is 0.344. The molecule has 1 aliphatic heterocycles. The summed E-state index contributed by atoms with van der Waals surface area (Å²) in [6.07, 6.45) is 8.04. The number of aliphatic hydroxyl groups excluding tert-OH is 1. The largest absolute Gasteiger partial charge is 0.466 e. The van der Waals surface area contributed by atoms with Gasteiger partial charge in [-0.05, 0) is 6.42 Å². The van der Waals surface area contributed by atoms with E-state index in [1.807, 2.05) is 13.2 Å². The van der Waals surface area contributed by atoms with Crippen molar-refractivity contribution < 1.29 is 9.52 Å². The molecule has 1 unspecified atom stereocenters. The maximum Gasteiger partial charge on any atom is 0.238 e. The zero-order valence-electron chi connectivity index (χ0n) is 8.97. The first-order valence-corrected chi connectivity index (χ1v) is 5.00. The van der Waals surface area contributed by atoms with E-state index in [-0.39, 0.29) is 6.61 Å². The van der Waals surface area contributed by atoms with Crippen LogP contribution in [0, 0.1) is 0 Å². The number of aliphatic hydroxyl groups is 1. The molecule has 0 saturated heterocycles. The smallest absolute Gasteiger partial charge is 0.238 e. The van der Waals surface area contributed by atoms with Crippen LogP contribution in [-0.2, 0) is 6.42 Å². The average molecular weight is 207 g/mol. The lowest BCUT2D eigenvalue weighted by atomic mass is 10.2. The number of nitrogens with zero attached hydrogens (tertiary/aromatic N) is 2. The van der Waals surface area contributed by atoms with E-state index in [1.54, 1.807) is 18.7 Å². The molecule has 1 aromatic heterocycles. The predicted octanol–water partition coefficient (Wildman–Crippen LogP) is 1.65. The van der Waals surface area contributed by atoms with E-state index in [0.717, 1.165) is 17.7 Å². The van der Waals surface area contributed by atoms with Crippen molar-refractivity contribution in [2.24, 2.45) is 4.99 Å². The molecule has 1 aliphatic rings. The van der Waals surface area contributed by atoms with Gasteiger partial charge in [0.05, 0.1) is 25.1 Å². The Kier molecular flexibility index (Phi) is 2.46. The Balaban J connectivity index is 2.46. The molecule has 80 valence electrons. The van der Waals surface area contributed by atoms with Gasteiger partial charge < -0.3 is 9.52 Å². The van der Waals surface area contributed by atoms with Gasteiger partial charge in [0, 0.05) is 0 Å². The number of quaternary nitrogens is 1. The standard InChI is InChI=1S/C11H15N2O2/c1-3-9-7-15-8-10(9)13(2)5-4-12-11(13)6-14/h4-5,7-8,14H,3,6H2,1-2H3/q+1. The van der Waals surface area contributed by atoms with Crippen LogP contribution >= 0.6 is 0 Å². The minimum atomic E-state index is -0.0438. The Morgan fingerprint density at radius 1 is 1.47 bits per heavy atom. The summed E-state index contributed by atoms with van der Waals surface area (Å²) in [6, 6.07) is 0. The van der Waals surface area contributed by atoms with Crippen LogP contribution in [0.3, 0.4) is 0 Å². The summed E-state index contributed by atoms with van der Waals surface area (Å²) in [5.41, 5.74) is 2.18. The molecule has 15 heavy (non-hydrogen) atoms. The first-order valence-electron chi connectivity index (χ1n) is 5.00. The maximum atomic E-state index is 9.25. The second kappa shape index (κ2) is 3.64. The minimum absolute atomic E-state index is 0.0438.